The first-order valence-electron chi connectivity index (χ1n) is 11.6. The Labute approximate surface area is 214 Å². The van der Waals surface area contributed by atoms with Crippen LogP contribution in [0, 0.1) is 0 Å². The first kappa shape index (κ1) is 30.8. The number of aliphatic imine (C=N–C) groups is 1. The van der Waals surface area contributed by atoms with Gasteiger partial charge in [0.2, 0.25) is 17.7 Å². The van der Waals surface area contributed by atoms with E-state index in [2.05, 4.69) is 26.3 Å². The molecule has 200 valence electrons. The van der Waals surface area contributed by atoms with Crippen LogP contribution in [0.3, 0.4) is 0 Å². The van der Waals surface area contributed by atoms with Crippen LogP contribution >= 0.6 is 23.5 Å². The van der Waals surface area contributed by atoms with Gasteiger partial charge in [-0.1, -0.05) is 0 Å². The van der Waals surface area contributed by atoms with Crippen LogP contribution in [0.5, 0.6) is 0 Å². The molecule has 0 aromatic carbocycles. The van der Waals surface area contributed by atoms with E-state index < -0.39 is 35.9 Å². The lowest BCUT2D eigenvalue weighted by atomic mass is 10.1. The lowest BCUT2D eigenvalue weighted by molar-refractivity contribution is -0.142. The Bertz CT molecular complexity index is 731. The lowest BCUT2D eigenvalue weighted by Gasteiger charge is -2.25. The third kappa shape index (κ3) is 12.4. The maximum atomic E-state index is 13.1. The Kier molecular flexibility index (Phi) is 15.2. The number of hydrogen-bond donors (Lipinski definition) is 7. The highest BCUT2D eigenvalue weighted by atomic mass is 32.2. The number of hydrogen-bond acceptors (Lipinski definition) is 8. The van der Waals surface area contributed by atoms with Gasteiger partial charge in [0.15, 0.2) is 5.96 Å². The number of amides is 3. The maximum Gasteiger partial charge on any atom is 0.326 e. The number of thioether (sulfide) groups is 2. The molecule has 0 aromatic rings. The average Bonchev–Trinajstić information content (AvgIpc) is 3.35. The van der Waals surface area contributed by atoms with Crippen molar-refractivity contribution in [3.8, 4) is 0 Å². The van der Waals surface area contributed by atoms with Gasteiger partial charge in [0.25, 0.3) is 0 Å². The first-order chi connectivity index (χ1) is 16.7. The molecule has 3 amide bonds. The van der Waals surface area contributed by atoms with Gasteiger partial charge >= 0.3 is 5.97 Å². The number of carbonyl (C=O) groups excluding carboxylic acids is 3. The molecule has 9 N–H and O–H groups in total. The molecule has 0 spiro atoms. The molecule has 1 saturated heterocycles. The number of guanidine groups is 1. The van der Waals surface area contributed by atoms with Gasteiger partial charge in [-0.05, 0) is 69.1 Å². The minimum atomic E-state index is -1.19. The summed E-state index contributed by atoms with van der Waals surface area (Å²) in [5.41, 5.74) is 10.5. The van der Waals surface area contributed by atoms with Gasteiger partial charge in [0.1, 0.15) is 18.1 Å². The minimum Gasteiger partial charge on any atom is -0.480 e. The van der Waals surface area contributed by atoms with E-state index in [1.54, 1.807) is 11.8 Å². The summed E-state index contributed by atoms with van der Waals surface area (Å²) in [7, 11) is 0. The van der Waals surface area contributed by atoms with Crippen LogP contribution in [-0.2, 0) is 19.2 Å². The number of rotatable bonds is 17. The highest BCUT2D eigenvalue weighted by Gasteiger charge is 2.31. The molecular weight excluding hydrogens is 494 g/mol. The molecule has 1 aliphatic heterocycles. The number of nitrogens with one attached hydrogen (secondary N) is 4. The zero-order valence-corrected chi connectivity index (χ0v) is 22.0. The van der Waals surface area contributed by atoms with Crippen molar-refractivity contribution in [2.75, 3.05) is 37.1 Å². The van der Waals surface area contributed by atoms with Crippen LogP contribution in [0.15, 0.2) is 4.99 Å². The van der Waals surface area contributed by atoms with Crippen molar-refractivity contribution < 1.29 is 24.3 Å². The molecule has 4 unspecified atom stereocenters. The Balaban J connectivity index is 2.83. The molecule has 12 nitrogen and oxygen atoms in total. The third-order valence-corrected chi connectivity index (χ3v) is 6.71. The molecule has 1 aliphatic rings. The van der Waals surface area contributed by atoms with Crippen molar-refractivity contribution in [2.45, 2.75) is 62.7 Å². The summed E-state index contributed by atoms with van der Waals surface area (Å²) < 4.78 is 0. The summed E-state index contributed by atoms with van der Waals surface area (Å²) in [6.45, 7) is 0.995. The number of carboxylic acids is 1. The van der Waals surface area contributed by atoms with E-state index in [9.17, 15) is 24.3 Å². The number of carbonyl (C=O) groups is 4. The van der Waals surface area contributed by atoms with Gasteiger partial charge < -0.3 is 37.8 Å². The third-order valence-electron chi connectivity index (χ3n) is 5.42. The fourth-order valence-electron chi connectivity index (χ4n) is 3.50. The van der Waals surface area contributed by atoms with E-state index >= 15 is 0 Å². The first-order valence-corrected chi connectivity index (χ1v) is 14.4. The summed E-state index contributed by atoms with van der Waals surface area (Å²) in [5.74, 6) is -1.34. The molecule has 0 bridgehead atoms. The van der Waals surface area contributed by atoms with E-state index in [0.29, 0.717) is 37.2 Å². The molecular formula is C21H39N7O5S2. The van der Waals surface area contributed by atoms with Gasteiger partial charge in [-0.2, -0.15) is 23.5 Å². The molecule has 35 heavy (non-hydrogen) atoms. The van der Waals surface area contributed by atoms with E-state index in [-0.39, 0.29) is 30.9 Å². The smallest absolute Gasteiger partial charge is 0.326 e. The van der Waals surface area contributed by atoms with E-state index in [1.807, 2.05) is 12.5 Å². The Hall–Kier alpha value is -2.19. The van der Waals surface area contributed by atoms with Gasteiger partial charge in [-0.25, -0.2) is 4.79 Å². The fraction of sp³-hybridized carbons (Fsp3) is 0.762. The molecule has 0 aliphatic carbocycles. The van der Waals surface area contributed by atoms with Crippen LogP contribution in [-0.4, -0.2) is 96.0 Å². The summed E-state index contributed by atoms with van der Waals surface area (Å²) in [5, 5.41) is 20.7. The second kappa shape index (κ2) is 17.3. The van der Waals surface area contributed by atoms with Gasteiger partial charge in [0, 0.05) is 6.54 Å². The second-order valence-electron chi connectivity index (χ2n) is 8.18. The summed E-state index contributed by atoms with van der Waals surface area (Å²) in [6, 6.07) is -3.21. The second-order valence-corrected chi connectivity index (χ2v) is 10.2. The highest BCUT2D eigenvalue weighted by molar-refractivity contribution is 7.98. The van der Waals surface area contributed by atoms with E-state index in [0.717, 1.165) is 13.0 Å². The van der Waals surface area contributed by atoms with Gasteiger partial charge in [-0.15, -0.1) is 0 Å². The van der Waals surface area contributed by atoms with Crippen LogP contribution in [0.2, 0.25) is 0 Å². The zero-order chi connectivity index (χ0) is 26.2. The fourth-order valence-corrected chi connectivity index (χ4v) is 4.44. The van der Waals surface area contributed by atoms with Crippen molar-refractivity contribution in [2.24, 2.45) is 16.5 Å². The van der Waals surface area contributed by atoms with Crippen molar-refractivity contribution in [1.29, 1.82) is 0 Å². The molecule has 4 atom stereocenters. The summed E-state index contributed by atoms with van der Waals surface area (Å²) in [6.07, 6.45) is 6.59. The molecule has 1 fully saturated rings. The lowest BCUT2D eigenvalue weighted by Crippen LogP contribution is -2.57. The highest BCUT2D eigenvalue weighted by Crippen LogP contribution is 2.09. The van der Waals surface area contributed by atoms with Crippen molar-refractivity contribution in [1.82, 2.24) is 21.3 Å². The van der Waals surface area contributed by atoms with Crippen molar-refractivity contribution in [3.05, 3.63) is 0 Å². The summed E-state index contributed by atoms with van der Waals surface area (Å²) in [4.78, 5) is 54.0. The molecule has 1 rings (SSSR count). The van der Waals surface area contributed by atoms with E-state index in [4.69, 9.17) is 11.5 Å². The number of aliphatic carboxylic acids is 1. The van der Waals surface area contributed by atoms with Gasteiger partial charge in [-0.3, -0.25) is 19.4 Å². The quantitative estimate of drug-likeness (QED) is 0.0679. The SMILES string of the molecule is CSCCC(NC(=O)C(CCSC)NC(=O)C1CCCN1)C(=O)NC(CCCN=C(N)N)C(=O)O. The predicted molar refractivity (Wildman–Crippen MR) is 140 cm³/mol. The molecule has 0 aromatic heterocycles. The molecule has 1 heterocycles. The predicted octanol–water partition coefficient (Wildman–Crippen LogP) is -1.16. The Morgan fingerprint density at radius 2 is 1.54 bits per heavy atom. The average molecular weight is 534 g/mol. The van der Waals surface area contributed by atoms with Crippen LogP contribution in [0.1, 0.15) is 38.5 Å². The van der Waals surface area contributed by atoms with Crippen LogP contribution < -0.4 is 32.7 Å². The largest absolute Gasteiger partial charge is 0.480 e. The van der Waals surface area contributed by atoms with Crippen LogP contribution in [0.25, 0.3) is 0 Å². The Morgan fingerprint density at radius 1 is 0.971 bits per heavy atom. The standard InChI is InChI=1S/C21H39N7O5S2/c1-34-11-7-14(26-17(29)13-5-3-9-24-13)18(30)27-15(8-12-35-2)19(31)28-16(20(32)33)6-4-10-25-21(22)23/h13-16,24H,3-12H2,1-2H3,(H,26,29)(H,27,30)(H,28,31)(H,32,33)(H4,22,23,25). The topological polar surface area (TPSA) is 201 Å². The minimum absolute atomic E-state index is 0.0902. The van der Waals surface area contributed by atoms with Crippen molar-refractivity contribution >= 4 is 53.2 Å². The normalized spacial score (nSPS) is 17.6. The van der Waals surface area contributed by atoms with Crippen LogP contribution in [0.4, 0.5) is 0 Å². The molecule has 0 saturated carbocycles. The monoisotopic (exact) mass is 533 g/mol. The zero-order valence-electron chi connectivity index (χ0n) is 20.4. The molecule has 0 radical (unpaired) electrons. The summed E-state index contributed by atoms with van der Waals surface area (Å²) >= 11 is 3.05. The molecule has 14 heteroatoms. The van der Waals surface area contributed by atoms with Gasteiger partial charge in [0.05, 0.1) is 6.04 Å². The Morgan fingerprint density at radius 3 is 2.03 bits per heavy atom. The maximum absolute atomic E-state index is 13.1. The number of carboxylic acid groups (broad SMARTS) is 1. The van der Waals surface area contributed by atoms with Crippen molar-refractivity contribution in [3.63, 3.8) is 0 Å². The number of nitrogens with two attached hydrogens (primary N) is 2. The van der Waals surface area contributed by atoms with E-state index in [1.165, 1.54) is 11.8 Å². The number of nitrogens with zero attached hydrogens (tertiary/aromatic N) is 1.